The third kappa shape index (κ3) is 4.97. The van der Waals surface area contributed by atoms with Crippen molar-refractivity contribution >= 4 is 5.91 Å². The lowest BCUT2D eigenvalue weighted by molar-refractivity contribution is -0.126. The molecule has 1 aliphatic rings. The van der Waals surface area contributed by atoms with Crippen LogP contribution in [0.15, 0.2) is 0 Å². The van der Waals surface area contributed by atoms with Crippen LogP contribution in [-0.4, -0.2) is 19.0 Å². The Kier molecular flexibility index (Phi) is 6.46. The van der Waals surface area contributed by atoms with E-state index >= 15 is 0 Å². The summed E-state index contributed by atoms with van der Waals surface area (Å²) in [5, 5.41) is 3.05. The molecular weight excluding hydrogens is 200 g/mol. The highest BCUT2D eigenvalue weighted by Gasteiger charge is 2.23. The quantitative estimate of drug-likeness (QED) is 0.681. The van der Waals surface area contributed by atoms with Gasteiger partial charge >= 0.3 is 0 Å². The van der Waals surface area contributed by atoms with E-state index in [2.05, 4.69) is 12.2 Å². The molecule has 1 saturated carbocycles. The first-order valence-corrected chi connectivity index (χ1v) is 6.71. The van der Waals surface area contributed by atoms with E-state index in [1.54, 1.807) is 0 Å². The van der Waals surface area contributed by atoms with Gasteiger partial charge in [-0.05, 0) is 51.0 Å². The standard InChI is InChI=1S/C13H26N2O/c1-11-5-7-12(8-6-11)13(16)15-10-4-2-3-9-14/h11-12H,2-10,14H2,1H3,(H,15,16). The van der Waals surface area contributed by atoms with E-state index in [9.17, 15) is 4.79 Å². The molecule has 3 nitrogen and oxygen atoms in total. The molecule has 94 valence electrons. The molecule has 1 aliphatic carbocycles. The van der Waals surface area contributed by atoms with Gasteiger partial charge in [-0.3, -0.25) is 4.79 Å². The van der Waals surface area contributed by atoms with Crippen LogP contribution in [0, 0.1) is 11.8 Å². The summed E-state index contributed by atoms with van der Waals surface area (Å²) in [4.78, 5) is 11.8. The van der Waals surface area contributed by atoms with Crippen LogP contribution < -0.4 is 11.1 Å². The third-order valence-electron chi connectivity index (χ3n) is 3.57. The Labute approximate surface area is 99.2 Å². The Morgan fingerprint density at radius 2 is 1.88 bits per heavy atom. The van der Waals surface area contributed by atoms with Crippen molar-refractivity contribution in [3.8, 4) is 0 Å². The molecule has 0 aromatic carbocycles. The molecule has 3 N–H and O–H groups in total. The van der Waals surface area contributed by atoms with Crippen LogP contribution >= 0.6 is 0 Å². The lowest BCUT2D eigenvalue weighted by Crippen LogP contribution is -2.33. The lowest BCUT2D eigenvalue weighted by atomic mass is 9.82. The Morgan fingerprint density at radius 1 is 1.19 bits per heavy atom. The zero-order valence-electron chi connectivity index (χ0n) is 10.5. The zero-order valence-corrected chi connectivity index (χ0v) is 10.5. The topological polar surface area (TPSA) is 55.1 Å². The highest BCUT2D eigenvalue weighted by atomic mass is 16.1. The first kappa shape index (κ1) is 13.5. The zero-order chi connectivity index (χ0) is 11.8. The van der Waals surface area contributed by atoms with E-state index < -0.39 is 0 Å². The normalized spacial score (nSPS) is 25.4. The largest absolute Gasteiger partial charge is 0.356 e. The molecule has 1 rings (SSSR count). The summed E-state index contributed by atoms with van der Waals surface area (Å²) in [6.45, 7) is 3.86. The first-order chi connectivity index (χ1) is 7.74. The van der Waals surface area contributed by atoms with Crippen LogP contribution in [0.4, 0.5) is 0 Å². The number of hydrogen-bond acceptors (Lipinski definition) is 2. The maximum Gasteiger partial charge on any atom is 0.223 e. The Hall–Kier alpha value is -0.570. The van der Waals surface area contributed by atoms with Gasteiger partial charge in [0, 0.05) is 12.5 Å². The molecule has 0 aromatic rings. The molecule has 0 heterocycles. The highest BCUT2D eigenvalue weighted by molar-refractivity contribution is 5.78. The molecule has 0 bridgehead atoms. The smallest absolute Gasteiger partial charge is 0.223 e. The van der Waals surface area contributed by atoms with E-state index in [-0.39, 0.29) is 11.8 Å². The number of hydrogen-bond donors (Lipinski definition) is 2. The van der Waals surface area contributed by atoms with E-state index in [1.807, 2.05) is 0 Å². The number of amides is 1. The molecule has 0 radical (unpaired) electrons. The van der Waals surface area contributed by atoms with Crippen molar-refractivity contribution in [3.63, 3.8) is 0 Å². The van der Waals surface area contributed by atoms with Gasteiger partial charge in [-0.15, -0.1) is 0 Å². The van der Waals surface area contributed by atoms with Crippen LogP contribution in [0.1, 0.15) is 51.9 Å². The number of carbonyl (C=O) groups excluding carboxylic acids is 1. The van der Waals surface area contributed by atoms with E-state index in [4.69, 9.17) is 5.73 Å². The predicted octanol–water partition coefficient (Wildman–Crippen LogP) is 2.06. The second-order valence-corrected chi connectivity index (χ2v) is 5.10. The average molecular weight is 226 g/mol. The van der Waals surface area contributed by atoms with Crippen LogP contribution in [-0.2, 0) is 4.79 Å². The van der Waals surface area contributed by atoms with Crippen molar-refractivity contribution in [2.24, 2.45) is 17.6 Å². The van der Waals surface area contributed by atoms with Crippen molar-refractivity contribution < 1.29 is 4.79 Å². The summed E-state index contributed by atoms with van der Waals surface area (Å²) < 4.78 is 0. The van der Waals surface area contributed by atoms with Gasteiger partial charge in [0.15, 0.2) is 0 Å². The minimum atomic E-state index is 0.277. The maximum absolute atomic E-state index is 11.8. The summed E-state index contributed by atoms with van der Waals surface area (Å²) >= 11 is 0. The summed E-state index contributed by atoms with van der Waals surface area (Å²) in [5.41, 5.74) is 5.41. The molecule has 0 aromatic heterocycles. The van der Waals surface area contributed by atoms with E-state index in [0.29, 0.717) is 0 Å². The summed E-state index contributed by atoms with van der Waals surface area (Å²) in [5.74, 6) is 1.37. The summed E-state index contributed by atoms with van der Waals surface area (Å²) in [6.07, 6.45) is 7.84. The van der Waals surface area contributed by atoms with Gasteiger partial charge in [0.2, 0.25) is 5.91 Å². The van der Waals surface area contributed by atoms with Crippen molar-refractivity contribution in [3.05, 3.63) is 0 Å². The summed E-state index contributed by atoms with van der Waals surface area (Å²) in [7, 11) is 0. The molecule has 16 heavy (non-hydrogen) atoms. The number of carbonyl (C=O) groups is 1. The van der Waals surface area contributed by atoms with Crippen molar-refractivity contribution in [2.45, 2.75) is 51.9 Å². The van der Waals surface area contributed by atoms with Crippen LogP contribution in [0.5, 0.6) is 0 Å². The highest BCUT2D eigenvalue weighted by Crippen LogP contribution is 2.28. The van der Waals surface area contributed by atoms with Crippen molar-refractivity contribution in [2.75, 3.05) is 13.1 Å². The maximum atomic E-state index is 11.8. The van der Waals surface area contributed by atoms with Crippen molar-refractivity contribution in [1.29, 1.82) is 0 Å². The fraction of sp³-hybridized carbons (Fsp3) is 0.923. The van der Waals surface area contributed by atoms with Crippen LogP contribution in [0.2, 0.25) is 0 Å². The molecule has 1 fully saturated rings. The monoisotopic (exact) mass is 226 g/mol. The third-order valence-corrected chi connectivity index (χ3v) is 3.57. The molecule has 0 unspecified atom stereocenters. The molecule has 0 aliphatic heterocycles. The number of nitrogens with one attached hydrogen (secondary N) is 1. The second-order valence-electron chi connectivity index (χ2n) is 5.10. The fourth-order valence-corrected chi connectivity index (χ4v) is 2.32. The molecule has 1 amide bonds. The van der Waals surface area contributed by atoms with Gasteiger partial charge in [-0.1, -0.05) is 13.3 Å². The average Bonchev–Trinajstić information content (AvgIpc) is 2.29. The molecule has 0 saturated heterocycles. The van der Waals surface area contributed by atoms with Gasteiger partial charge in [-0.2, -0.15) is 0 Å². The van der Waals surface area contributed by atoms with Gasteiger partial charge in [0.1, 0.15) is 0 Å². The van der Waals surface area contributed by atoms with Gasteiger partial charge in [0.25, 0.3) is 0 Å². The van der Waals surface area contributed by atoms with E-state index in [0.717, 1.165) is 51.1 Å². The molecular formula is C13H26N2O. The van der Waals surface area contributed by atoms with E-state index in [1.165, 1.54) is 12.8 Å². The van der Waals surface area contributed by atoms with Crippen LogP contribution in [0.25, 0.3) is 0 Å². The lowest BCUT2D eigenvalue weighted by Gasteiger charge is -2.25. The first-order valence-electron chi connectivity index (χ1n) is 6.71. The number of nitrogens with two attached hydrogens (primary N) is 1. The van der Waals surface area contributed by atoms with Gasteiger partial charge in [-0.25, -0.2) is 0 Å². The predicted molar refractivity (Wildman–Crippen MR) is 67.0 cm³/mol. The Balaban J connectivity index is 2.06. The molecule has 3 heteroatoms. The SMILES string of the molecule is CC1CCC(C(=O)NCCCCCN)CC1. The van der Waals surface area contributed by atoms with Gasteiger partial charge in [0.05, 0.1) is 0 Å². The summed E-state index contributed by atoms with van der Waals surface area (Å²) in [6, 6.07) is 0. The van der Waals surface area contributed by atoms with Gasteiger partial charge < -0.3 is 11.1 Å². The minimum absolute atomic E-state index is 0.277. The minimum Gasteiger partial charge on any atom is -0.356 e. The fourth-order valence-electron chi connectivity index (χ4n) is 2.32. The van der Waals surface area contributed by atoms with Crippen LogP contribution in [0.3, 0.4) is 0 Å². The number of unbranched alkanes of at least 4 members (excludes halogenated alkanes) is 2. The van der Waals surface area contributed by atoms with Crippen molar-refractivity contribution in [1.82, 2.24) is 5.32 Å². The number of rotatable bonds is 6. The Bertz CT molecular complexity index is 198. The molecule has 0 spiro atoms. The molecule has 0 atom stereocenters. The Morgan fingerprint density at radius 3 is 2.50 bits per heavy atom. The second kappa shape index (κ2) is 7.66.